The van der Waals surface area contributed by atoms with Crippen LogP contribution in [-0.4, -0.2) is 37.1 Å². The molecule has 0 bridgehead atoms. The van der Waals surface area contributed by atoms with Gasteiger partial charge in [0.1, 0.15) is 0 Å². The summed E-state index contributed by atoms with van der Waals surface area (Å²) in [6.07, 6.45) is 2.64. The average Bonchev–Trinajstić information content (AvgIpc) is 2.66. The number of hydrogen-bond acceptors (Lipinski definition) is 2. The largest absolute Gasteiger partial charge is 0.315 e. The summed E-state index contributed by atoms with van der Waals surface area (Å²) in [6.45, 7) is 11.8. The van der Waals surface area contributed by atoms with Crippen molar-refractivity contribution >= 4 is 0 Å². The highest BCUT2D eigenvalue weighted by Gasteiger charge is 2.21. The standard InChI is InChI=1S/C11H24N2/c1-4-10(3)9-13(5-2)11-6-7-12-8-11/h10-12H,4-9H2,1-3H3. The van der Waals surface area contributed by atoms with Gasteiger partial charge in [-0.15, -0.1) is 0 Å². The third-order valence-corrected chi connectivity index (χ3v) is 3.20. The first kappa shape index (κ1) is 11.0. The molecular weight excluding hydrogens is 160 g/mol. The van der Waals surface area contributed by atoms with Crippen LogP contribution in [0.4, 0.5) is 0 Å². The van der Waals surface area contributed by atoms with Crippen LogP contribution in [0.1, 0.15) is 33.6 Å². The Kier molecular flexibility index (Phi) is 4.74. The molecule has 78 valence electrons. The van der Waals surface area contributed by atoms with Gasteiger partial charge >= 0.3 is 0 Å². The van der Waals surface area contributed by atoms with Crippen molar-refractivity contribution in [1.29, 1.82) is 0 Å². The van der Waals surface area contributed by atoms with Crippen LogP contribution in [0.25, 0.3) is 0 Å². The van der Waals surface area contributed by atoms with Gasteiger partial charge in [-0.1, -0.05) is 27.2 Å². The van der Waals surface area contributed by atoms with E-state index >= 15 is 0 Å². The maximum absolute atomic E-state index is 3.44. The molecule has 2 heteroatoms. The zero-order valence-corrected chi connectivity index (χ0v) is 9.34. The Labute approximate surface area is 82.7 Å². The summed E-state index contributed by atoms with van der Waals surface area (Å²) >= 11 is 0. The van der Waals surface area contributed by atoms with Crippen molar-refractivity contribution in [2.45, 2.75) is 39.7 Å². The quantitative estimate of drug-likeness (QED) is 0.700. The molecule has 0 aromatic carbocycles. The van der Waals surface area contributed by atoms with E-state index in [4.69, 9.17) is 0 Å². The van der Waals surface area contributed by atoms with Crippen molar-refractivity contribution in [1.82, 2.24) is 10.2 Å². The van der Waals surface area contributed by atoms with E-state index < -0.39 is 0 Å². The van der Waals surface area contributed by atoms with Gasteiger partial charge in [-0.3, -0.25) is 4.90 Å². The number of nitrogens with zero attached hydrogens (tertiary/aromatic N) is 1. The van der Waals surface area contributed by atoms with Crippen LogP contribution in [0, 0.1) is 5.92 Å². The fourth-order valence-corrected chi connectivity index (χ4v) is 2.02. The van der Waals surface area contributed by atoms with Crippen LogP contribution in [-0.2, 0) is 0 Å². The van der Waals surface area contributed by atoms with Gasteiger partial charge in [0, 0.05) is 19.1 Å². The second-order valence-electron chi connectivity index (χ2n) is 4.25. The summed E-state index contributed by atoms with van der Waals surface area (Å²) in [5.74, 6) is 0.848. The van der Waals surface area contributed by atoms with Crippen molar-refractivity contribution in [3.63, 3.8) is 0 Å². The Hall–Kier alpha value is -0.0800. The zero-order valence-electron chi connectivity index (χ0n) is 9.34. The third kappa shape index (κ3) is 3.28. The van der Waals surface area contributed by atoms with Crippen molar-refractivity contribution in [2.24, 2.45) is 5.92 Å². The minimum atomic E-state index is 0.805. The van der Waals surface area contributed by atoms with Gasteiger partial charge in [-0.05, 0) is 25.4 Å². The Morgan fingerprint density at radius 3 is 2.69 bits per heavy atom. The summed E-state index contributed by atoms with van der Waals surface area (Å²) < 4.78 is 0. The molecule has 1 fully saturated rings. The summed E-state index contributed by atoms with van der Waals surface area (Å²) in [5, 5.41) is 3.44. The fourth-order valence-electron chi connectivity index (χ4n) is 2.02. The van der Waals surface area contributed by atoms with E-state index in [1.54, 1.807) is 0 Å². The van der Waals surface area contributed by atoms with E-state index in [0.29, 0.717) is 0 Å². The van der Waals surface area contributed by atoms with Crippen LogP contribution in [0.15, 0.2) is 0 Å². The second-order valence-corrected chi connectivity index (χ2v) is 4.25. The third-order valence-electron chi connectivity index (χ3n) is 3.20. The molecular formula is C11H24N2. The molecule has 2 unspecified atom stereocenters. The van der Waals surface area contributed by atoms with E-state index in [9.17, 15) is 0 Å². The summed E-state index contributed by atoms with van der Waals surface area (Å²) in [5.41, 5.74) is 0. The Morgan fingerprint density at radius 2 is 2.23 bits per heavy atom. The summed E-state index contributed by atoms with van der Waals surface area (Å²) in [7, 11) is 0. The summed E-state index contributed by atoms with van der Waals surface area (Å²) in [4.78, 5) is 2.63. The van der Waals surface area contributed by atoms with Crippen LogP contribution >= 0.6 is 0 Å². The summed E-state index contributed by atoms with van der Waals surface area (Å²) in [6, 6.07) is 0.805. The molecule has 1 aliphatic heterocycles. The molecule has 0 saturated carbocycles. The van der Waals surface area contributed by atoms with E-state index in [0.717, 1.165) is 12.0 Å². The predicted molar refractivity (Wildman–Crippen MR) is 58.0 cm³/mol. The van der Waals surface area contributed by atoms with Crippen molar-refractivity contribution < 1.29 is 0 Å². The van der Waals surface area contributed by atoms with Gasteiger partial charge in [-0.2, -0.15) is 0 Å². The zero-order chi connectivity index (χ0) is 9.68. The smallest absolute Gasteiger partial charge is 0.0232 e. The van der Waals surface area contributed by atoms with E-state index in [1.165, 1.54) is 39.0 Å². The first-order valence-electron chi connectivity index (χ1n) is 5.72. The molecule has 1 N–H and O–H groups in total. The fraction of sp³-hybridized carbons (Fsp3) is 1.00. The molecule has 2 nitrogen and oxygen atoms in total. The Balaban J connectivity index is 2.32. The lowest BCUT2D eigenvalue weighted by atomic mass is 10.1. The Morgan fingerprint density at radius 1 is 1.46 bits per heavy atom. The van der Waals surface area contributed by atoms with Gasteiger partial charge in [0.15, 0.2) is 0 Å². The van der Waals surface area contributed by atoms with Gasteiger partial charge in [0.2, 0.25) is 0 Å². The normalized spacial score (nSPS) is 25.4. The molecule has 0 aromatic heterocycles. The lowest BCUT2D eigenvalue weighted by Gasteiger charge is -2.29. The van der Waals surface area contributed by atoms with Gasteiger partial charge in [-0.25, -0.2) is 0 Å². The van der Waals surface area contributed by atoms with E-state index in [1.807, 2.05) is 0 Å². The monoisotopic (exact) mass is 184 g/mol. The van der Waals surface area contributed by atoms with Crippen molar-refractivity contribution in [2.75, 3.05) is 26.2 Å². The molecule has 0 aliphatic carbocycles. The second kappa shape index (κ2) is 5.61. The first-order valence-corrected chi connectivity index (χ1v) is 5.72. The molecule has 1 rings (SSSR count). The molecule has 1 saturated heterocycles. The number of rotatable bonds is 5. The number of likely N-dealkylation sites (N-methyl/N-ethyl adjacent to an activating group) is 1. The highest BCUT2D eigenvalue weighted by atomic mass is 15.2. The molecule has 0 spiro atoms. The van der Waals surface area contributed by atoms with Crippen LogP contribution in [0.2, 0.25) is 0 Å². The molecule has 1 heterocycles. The lowest BCUT2D eigenvalue weighted by Crippen LogP contribution is -2.39. The first-order chi connectivity index (χ1) is 6.27. The highest BCUT2D eigenvalue weighted by Crippen LogP contribution is 2.12. The number of hydrogen-bond donors (Lipinski definition) is 1. The highest BCUT2D eigenvalue weighted by molar-refractivity contribution is 4.80. The molecule has 0 amide bonds. The Bertz CT molecular complexity index is 130. The van der Waals surface area contributed by atoms with Crippen LogP contribution in [0.3, 0.4) is 0 Å². The molecule has 0 radical (unpaired) electrons. The maximum Gasteiger partial charge on any atom is 0.0232 e. The van der Waals surface area contributed by atoms with E-state index in [-0.39, 0.29) is 0 Å². The van der Waals surface area contributed by atoms with Gasteiger partial charge in [0.25, 0.3) is 0 Å². The van der Waals surface area contributed by atoms with Crippen molar-refractivity contribution in [3.8, 4) is 0 Å². The topological polar surface area (TPSA) is 15.3 Å². The molecule has 0 aromatic rings. The number of nitrogens with one attached hydrogen (secondary N) is 1. The minimum Gasteiger partial charge on any atom is -0.315 e. The van der Waals surface area contributed by atoms with Gasteiger partial charge in [0.05, 0.1) is 0 Å². The average molecular weight is 184 g/mol. The molecule has 13 heavy (non-hydrogen) atoms. The SMILES string of the molecule is CCC(C)CN(CC)C1CCNC1. The van der Waals surface area contributed by atoms with Crippen molar-refractivity contribution in [3.05, 3.63) is 0 Å². The maximum atomic E-state index is 3.44. The predicted octanol–water partition coefficient (Wildman–Crippen LogP) is 1.72. The molecule has 1 aliphatic rings. The van der Waals surface area contributed by atoms with Crippen LogP contribution < -0.4 is 5.32 Å². The lowest BCUT2D eigenvalue weighted by molar-refractivity contribution is 0.188. The van der Waals surface area contributed by atoms with Gasteiger partial charge < -0.3 is 5.32 Å². The minimum absolute atomic E-state index is 0.805. The van der Waals surface area contributed by atoms with E-state index in [2.05, 4.69) is 31.0 Å². The van der Waals surface area contributed by atoms with Crippen LogP contribution in [0.5, 0.6) is 0 Å². The molecule has 2 atom stereocenters.